The first kappa shape index (κ1) is 13.2. The average molecular weight is 332 g/mol. The molecule has 1 heterocycles. The lowest BCUT2D eigenvalue weighted by molar-refractivity contribution is -0.121. The molecule has 0 unspecified atom stereocenters. The SMILES string of the molecule is CCNC(=O)Cn1c(=S)[nH]c2cc(Br)c(F)cc21. The van der Waals surface area contributed by atoms with E-state index < -0.39 is 0 Å². The molecule has 0 spiro atoms. The summed E-state index contributed by atoms with van der Waals surface area (Å²) in [5, 5.41) is 2.68. The molecule has 1 amide bonds. The van der Waals surface area contributed by atoms with Crippen molar-refractivity contribution in [3.63, 3.8) is 0 Å². The Hall–Kier alpha value is -1.21. The van der Waals surface area contributed by atoms with Gasteiger partial charge in [0.1, 0.15) is 12.4 Å². The molecule has 7 heteroatoms. The molecule has 0 saturated heterocycles. The van der Waals surface area contributed by atoms with Gasteiger partial charge in [-0.2, -0.15) is 0 Å². The molecule has 4 nitrogen and oxygen atoms in total. The number of aromatic amines is 1. The summed E-state index contributed by atoms with van der Waals surface area (Å²) in [6.07, 6.45) is 0. The number of nitrogens with zero attached hydrogens (tertiary/aromatic N) is 1. The number of hydrogen-bond donors (Lipinski definition) is 2. The van der Waals surface area contributed by atoms with Crippen molar-refractivity contribution in [1.29, 1.82) is 0 Å². The summed E-state index contributed by atoms with van der Waals surface area (Å²) in [6.45, 7) is 2.46. The molecule has 0 atom stereocenters. The van der Waals surface area contributed by atoms with E-state index in [9.17, 15) is 9.18 Å². The van der Waals surface area contributed by atoms with Crippen LogP contribution in [0.1, 0.15) is 6.92 Å². The smallest absolute Gasteiger partial charge is 0.240 e. The van der Waals surface area contributed by atoms with E-state index in [2.05, 4.69) is 26.2 Å². The Morgan fingerprint density at radius 3 is 3.00 bits per heavy atom. The van der Waals surface area contributed by atoms with Crippen LogP contribution in [-0.2, 0) is 11.3 Å². The maximum absolute atomic E-state index is 13.5. The second-order valence-electron chi connectivity index (χ2n) is 3.75. The summed E-state index contributed by atoms with van der Waals surface area (Å²) in [4.78, 5) is 14.5. The normalized spacial score (nSPS) is 10.8. The third kappa shape index (κ3) is 2.46. The largest absolute Gasteiger partial charge is 0.355 e. The third-order valence-corrected chi connectivity index (χ3v) is 3.42. The van der Waals surface area contributed by atoms with Gasteiger partial charge in [-0.1, -0.05) is 0 Å². The number of amides is 1. The lowest BCUT2D eigenvalue weighted by atomic mass is 10.3. The summed E-state index contributed by atoms with van der Waals surface area (Å²) >= 11 is 8.24. The standard InChI is InChI=1S/C11H11BrFN3OS/c1-2-14-10(17)5-16-9-4-7(13)6(12)3-8(9)15-11(16)18/h3-4H,2,5H2,1H3,(H,14,17)(H,15,18). The molecule has 1 aromatic heterocycles. The minimum atomic E-state index is -0.388. The van der Waals surface area contributed by atoms with Crippen molar-refractivity contribution >= 4 is 45.1 Å². The summed E-state index contributed by atoms with van der Waals surface area (Å²) in [5.74, 6) is -0.543. The first-order valence-corrected chi connectivity index (χ1v) is 6.57. The Balaban J connectivity index is 2.50. The lowest BCUT2D eigenvalue weighted by Crippen LogP contribution is -2.27. The van der Waals surface area contributed by atoms with Crippen LogP contribution in [0.25, 0.3) is 11.0 Å². The fourth-order valence-electron chi connectivity index (χ4n) is 1.71. The fraction of sp³-hybridized carbons (Fsp3) is 0.273. The van der Waals surface area contributed by atoms with Crippen molar-refractivity contribution in [2.45, 2.75) is 13.5 Å². The van der Waals surface area contributed by atoms with E-state index >= 15 is 0 Å². The first-order chi connectivity index (χ1) is 8.52. The van der Waals surface area contributed by atoms with Crippen molar-refractivity contribution in [3.8, 4) is 0 Å². The van der Waals surface area contributed by atoms with Gasteiger partial charge in [0.05, 0.1) is 15.5 Å². The molecule has 0 aliphatic heterocycles. The molecule has 2 aromatic rings. The number of benzene rings is 1. The van der Waals surface area contributed by atoms with Crippen LogP contribution in [0.5, 0.6) is 0 Å². The number of H-pyrrole nitrogens is 1. The van der Waals surface area contributed by atoms with Crippen molar-refractivity contribution in [2.75, 3.05) is 6.54 Å². The average Bonchev–Trinajstić information content (AvgIpc) is 2.57. The second-order valence-corrected chi connectivity index (χ2v) is 4.99. The van der Waals surface area contributed by atoms with Gasteiger partial charge in [-0.25, -0.2) is 4.39 Å². The zero-order valence-corrected chi connectivity index (χ0v) is 12.0. The number of nitrogens with one attached hydrogen (secondary N) is 2. The van der Waals surface area contributed by atoms with Gasteiger partial charge >= 0.3 is 0 Å². The number of halogens is 2. The lowest BCUT2D eigenvalue weighted by Gasteiger charge is -2.05. The van der Waals surface area contributed by atoms with E-state index in [-0.39, 0.29) is 18.3 Å². The third-order valence-electron chi connectivity index (χ3n) is 2.49. The van der Waals surface area contributed by atoms with Crippen LogP contribution in [0.3, 0.4) is 0 Å². The minimum absolute atomic E-state index is 0.0771. The molecule has 0 aliphatic rings. The highest BCUT2D eigenvalue weighted by Crippen LogP contribution is 2.23. The van der Waals surface area contributed by atoms with Gasteiger partial charge in [0, 0.05) is 12.6 Å². The number of aromatic nitrogens is 2. The molecule has 96 valence electrons. The van der Waals surface area contributed by atoms with E-state index in [4.69, 9.17) is 12.2 Å². The Bertz CT molecular complexity index is 664. The number of imidazole rings is 1. The van der Waals surface area contributed by atoms with E-state index in [1.807, 2.05) is 6.92 Å². The van der Waals surface area contributed by atoms with Gasteiger partial charge in [-0.3, -0.25) is 4.79 Å². The van der Waals surface area contributed by atoms with Crippen molar-refractivity contribution < 1.29 is 9.18 Å². The summed E-state index contributed by atoms with van der Waals surface area (Å²) < 4.78 is 15.8. The van der Waals surface area contributed by atoms with Crippen molar-refractivity contribution in [1.82, 2.24) is 14.9 Å². The van der Waals surface area contributed by atoms with Gasteiger partial charge in [-0.15, -0.1) is 0 Å². The molecule has 18 heavy (non-hydrogen) atoms. The molecule has 0 bridgehead atoms. The fourth-order valence-corrected chi connectivity index (χ4v) is 2.32. The zero-order chi connectivity index (χ0) is 13.3. The van der Waals surface area contributed by atoms with Crippen molar-refractivity contribution in [3.05, 3.63) is 27.2 Å². The van der Waals surface area contributed by atoms with Crippen LogP contribution >= 0.6 is 28.1 Å². The molecule has 2 N–H and O–H groups in total. The highest BCUT2D eigenvalue weighted by atomic mass is 79.9. The molecule has 0 fully saturated rings. The van der Waals surface area contributed by atoms with Crippen LogP contribution in [-0.4, -0.2) is 22.0 Å². The second kappa shape index (κ2) is 5.19. The van der Waals surface area contributed by atoms with E-state index in [0.29, 0.717) is 26.8 Å². The van der Waals surface area contributed by atoms with Crippen LogP contribution in [0.15, 0.2) is 16.6 Å². The molecule has 2 rings (SSSR count). The van der Waals surface area contributed by atoms with Crippen LogP contribution in [0.2, 0.25) is 0 Å². The maximum atomic E-state index is 13.5. The van der Waals surface area contributed by atoms with Crippen LogP contribution < -0.4 is 5.32 Å². The zero-order valence-electron chi connectivity index (χ0n) is 9.59. The number of hydrogen-bond acceptors (Lipinski definition) is 2. The highest BCUT2D eigenvalue weighted by molar-refractivity contribution is 9.10. The van der Waals surface area contributed by atoms with Gasteiger partial charge < -0.3 is 14.9 Å². The quantitative estimate of drug-likeness (QED) is 0.849. The Morgan fingerprint density at radius 2 is 2.33 bits per heavy atom. The highest BCUT2D eigenvalue weighted by Gasteiger charge is 2.11. The molecule has 0 aliphatic carbocycles. The minimum Gasteiger partial charge on any atom is -0.355 e. The summed E-state index contributed by atoms with van der Waals surface area (Å²) in [5.41, 5.74) is 1.27. The number of rotatable bonds is 3. The molecular weight excluding hydrogens is 321 g/mol. The number of carbonyl (C=O) groups is 1. The summed E-state index contributed by atoms with van der Waals surface area (Å²) in [7, 11) is 0. The predicted octanol–water partition coefficient (Wildman–Crippen LogP) is 2.74. The van der Waals surface area contributed by atoms with E-state index in [0.717, 1.165) is 0 Å². The monoisotopic (exact) mass is 331 g/mol. The first-order valence-electron chi connectivity index (χ1n) is 5.37. The van der Waals surface area contributed by atoms with Gasteiger partial charge in [-0.05, 0) is 41.1 Å². The summed E-state index contributed by atoms with van der Waals surface area (Å²) in [6, 6.07) is 2.96. The van der Waals surface area contributed by atoms with Crippen molar-refractivity contribution in [2.24, 2.45) is 0 Å². The van der Waals surface area contributed by atoms with E-state index in [1.54, 1.807) is 10.6 Å². The van der Waals surface area contributed by atoms with Crippen LogP contribution in [0, 0.1) is 10.6 Å². The molecule has 1 aromatic carbocycles. The van der Waals surface area contributed by atoms with Gasteiger partial charge in [0.15, 0.2) is 4.77 Å². The van der Waals surface area contributed by atoms with Gasteiger partial charge in [0.25, 0.3) is 0 Å². The maximum Gasteiger partial charge on any atom is 0.240 e. The topological polar surface area (TPSA) is 49.8 Å². The number of fused-ring (bicyclic) bond motifs is 1. The number of carbonyl (C=O) groups excluding carboxylic acids is 1. The van der Waals surface area contributed by atoms with Crippen LogP contribution in [0.4, 0.5) is 4.39 Å². The predicted molar refractivity (Wildman–Crippen MR) is 73.5 cm³/mol. The van der Waals surface area contributed by atoms with Gasteiger partial charge in [0.2, 0.25) is 5.91 Å². The van der Waals surface area contributed by atoms with E-state index in [1.165, 1.54) is 6.07 Å². The number of likely N-dealkylation sites (N-methyl/N-ethyl adjacent to an activating group) is 1. The molecule has 0 radical (unpaired) electrons. The Labute approximate surface area is 116 Å². The Morgan fingerprint density at radius 1 is 1.61 bits per heavy atom. The molecule has 0 saturated carbocycles. The molecular formula is C11H11BrFN3OS. The Kier molecular flexibility index (Phi) is 3.82.